The maximum absolute atomic E-state index is 11.8. The molecule has 1 aromatic carbocycles. The van der Waals surface area contributed by atoms with Crippen molar-refractivity contribution in [2.75, 3.05) is 44.7 Å². The van der Waals surface area contributed by atoms with Crippen LogP contribution in [0.3, 0.4) is 0 Å². The van der Waals surface area contributed by atoms with Gasteiger partial charge < -0.3 is 20.3 Å². The molecule has 1 saturated heterocycles. The summed E-state index contributed by atoms with van der Waals surface area (Å²) in [6, 6.07) is 10.3. The molecular weight excluding hydrogens is 266 g/mol. The SMILES string of the molecule is CN(CCCNC(=O)CC1CNCCO1)c1ccccc1. The van der Waals surface area contributed by atoms with Crippen molar-refractivity contribution >= 4 is 11.6 Å². The predicted octanol–water partition coefficient (Wildman–Crippen LogP) is 1.01. The van der Waals surface area contributed by atoms with Gasteiger partial charge in [-0.2, -0.15) is 0 Å². The van der Waals surface area contributed by atoms with E-state index in [1.165, 1.54) is 5.69 Å². The zero-order valence-electron chi connectivity index (χ0n) is 12.7. The number of carbonyl (C=O) groups is 1. The standard InChI is InChI=1S/C16H25N3O2/c1-19(14-6-3-2-4-7-14)10-5-8-18-16(20)12-15-13-17-9-11-21-15/h2-4,6-7,15,17H,5,8-13H2,1H3,(H,18,20). The van der Waals surface area contributed by atoms with Crippen LogP contribution in [0.1, 0.15) is 12.8 Å². The van der Waals surface area contributed by atoms with Crippen LogP contribution in [0.2, 0.25) is 0 Å². The first-order valence-electron chi connectivity index (χ1n) is 7.61. The molecule has 1 aromatic rings. The number of para-hydroxylation sites is 1. The Morgan fingerprint density at radius 1 is 1.43 bits per heavy atom. The third kappa shape index (κ3) is 5.73. The summed E-state index contributed by atoms with van der Waals surface area (Å²) in [5.74, 6) is 0.0751. The number of morpholine rings is 1. The van der Waals surface area contributed by atoms with E-state index in [1.54, 1.807) is 0 Å². The minimum Gasteiger partial charge on any atom is -0.375 e. The monoisotopic (exact) mass is 291 g/mol. The Kier molecular flexibility index (Phi) is 6.50. The summed E-state index contributed by atoms with van der Waals surface area (Å²) in [5.41, 5.74) is 1.20. The third-order valence-corrected chi connectivity index (χ3v) is 3.61. The molecule has 1 amide bonds. The third-order valence-electron chi connectivity index (χ3n) is 3.61. The van der Waals surface area contributed by atoms with Gasteiger partial charge in [-0.3, -0.25) is 4.79 Å². The molecule has 1 fully saturated rings. The molecule has 1 heterocycles. The molecule has 2 N–H and O–H groups in total. The highest BCUT2D eigenvalue weighted by Crippen LogP contribution is 2.10. The molecule has 0 spiro atoms. The van der Waals surface area contributed by atoms with E-state index < -0.39 is 0 Å². The molecule has 0 bridgehead atoms. The molecule has 1 aliphatic heterocycles. The quantitative estimate of drug-likeness (QED) is 0.736. The van der Waals surface area contributed by atoms with Crippen LogP contribution in [0.25, 0.3) is 0 Å². The second kappa shape index (κ2) is 8.64. The Balaban J connectivity index is 1.57. The molecule has 5 nitrogen and oxygen atoms in total. The molecule has 0 saturated carbocycles. The van der Waals surface area contributed by atoms with Crippen molar-refractivity contribution in [2.24, 2.45) is 0 Å². The number of rotatable bonds is 7. The van der Waals surface area contributed by atoms with Gasteiger partial charge in [0.25, 0.3) is 0 Å². The molecule has 0 aliphatic carbocycles. The highest BCUT2D eigenvalue weighted by molar-refractivity contribution is 5.76. The normalized spacial score (nSPS) is 18.2. The second-order valence-corrected chi connectivity index (χ2v) is 5.36. The van der Waals surface area contributed by atoms with Gasteiger partial charge in [-0.05, 0) is 18.6 Å². The van der Waals surface area contributed by atoms with E-state index in [1.807, 2.05) is 18.2 Å². The lowest BCUT2D eigenvalue weighted by atomic mass is 10.2. The lowest BCUT2D eigenvalue weighted by molar-refractivity contribution is -0.124. The van der Waals surface area contributed by atoms with E-state index in [2.05, 4.69) is 34.7 Å². The van der Waals surface area contributed by atoms with Gasteiger partial charge in [0.15, 0.2) is 0 Å². The number of anilines is 1. The summed E-state index contributed by atoms with van der Waals surface area (Å²) in [4.78, 5) is 14.0. The van der Waals surface area contributed by atoms with Gasteiger partial charge in [0, 0.05) is 38.9 Å². The van der Waals surface area contributed by atoms with Crippen LogP contribution >= 0.6 is 0 Å². The van der Waals surface area contributed by atoms with Crippen LogP contribution in [0.4, 0.5) is 5.69 Å². The fourth-order valence-electron chi connectivity index (χ4n) is 2.39. The number of nitrogens with zero attached hydrogens (tertiary/aromatic N) is 1. The molecule has 1 unspecified atom stereocenters. The Morgan fingerprint density at radius 2 is 2.24 bits per heavy atom. The smallest absolute Gasteiger partial charge is 0.222 e. The van der Waals surface area contributed by atoms with Crippen molar-refractivity contribution in [3.8, 4) is 0 Å². The highest BCUT2D eigenvalue weighted by Gasteiger charge is 2.16. The minimum absolute atomic E-state index is 0.0192. The maximum Gasteiger partial charge on any atom is 0.222 e. The van der Waals surface area contributed by atoms with Crippen LogP contribution in [0.15, 0.2) is 30.3 Å². The van der Waals surface area contributed by atoms with Crippen LogP contribution < -0.4 is 15.5 Å². The van der Waals surface area contributed by atoms with E-state index in [9.17, 15) is 4.79 Å². The van der Waals surface area contributed by atoms with E-state index in [4.69, 9.17) is 4.74 Å². The Labute approximate surface area is 126 Å². The van der Waals surface area contributed by atoms with Gasteiger partial charge in [0.2, 0.25) is 5.91 Å². The fraction of sp³-hybridized carbons (Fsp3) is 0.562. The molecule has 0 aromatic heterocycles. The molecule has 0 radical (unpaired) electrons. The number of benzene rings is 1. The summed E-state index contributed by atoms with van der Waals surface area (Å²) >= 11 is 0. The van der Waals surface area contributed by atoms with Crippen molar-refractivity contribution in [3.63, 3.8) is 0 Å². The van der Waals surface area contributed by atoms with E-state index in [0.29, 0.717) is 19.6 Å². The van der Waals surface area contributed by atoms with Crippen molar-refractivity contribution in [1.29, 1.82) is 0 Å². The van der Waals surface area contributed by atoms with E-state index in [0.717, 1.165) is 26.1 Å². The van der Waals surface area contributed by atoms with E-state index >= 15 is 0 Å². The molecule has 1 aliphatic rings. The summed E-state index contributed by atoms with van der Waals surface area (Å²) in [7, 11) is 2.07. The summed E-state index contributed by atoms with van der Waals surface area (Å²) < 4.78 is 5.52. The summed E-state index contributed by atoms with van der Waals surface area (Å²) in [6.07, 6.45) is 1.40. The van der Waals surface area contributed by atoms with Crippen molar-refractivity contribution in [2.45, 2.75) is 18.9 Å². The van der Waals surface area contributed by atoms with Crippen LogP contribution in [-0.2, 0) is 9.53 Å². The van der Waals surface area contributed by atoms with E-state index in [-0.39, 0.29) is 12.0 Å². The number of carbonyl (C=O) groups excluding carboxylic acids is 1. The van der Waals surface area contributed by atoms with Gasteiger partial charge in [-0.25, -0.2) is 0 Å². The van der Waals surface area contributed by atoms with Crippen LogP contribution in [-0.4, -0.2) is 51.8 Å². The fourth-order valence-corrected chi connectivity index (χ4v) is 2.39. The first-order valence-corrected chi connectivity index (χ1v) is 7.61. The number of nitrogens with one attached hydrogen (secondary N) is 2. The zero-order chi connectivity index (χ0) is 14.9. The van der Waals surface area contributed by atoms with Crippen LogP contribution in [0, 0.1) is 0 Å². The summed E-state index contributed by atoms with van der Waals surface area (Å²) in [6.45, 7) is 3.97. The number of hydrogen-bond acceptors (Lipinski definition) is 4. The lowest BCUT2D eigenvalue weighted by Gasteiger charge is -2.23. The van der Waals surface area contributed by atoms with Gasteiger partial charge >= 0.3 is 0 Å². The van der Waals surface area contributed by atoms with Crippen molar-refractivity contribution in [1.82, 2.24) is 10.6 Å². The van der Waals surface area contributed by atoms with Crippen molar-refractivity contribution < 1.29 is 9.53 Å². The zero-order valence-corrected chi connectivity index (χ0v) is 12.7. The van der Waals surface area contributed by atoms with Gasteiger partial charge in [0.05, 0.1) is 19.1 Å². The van der Waals surface area contributed by atoms with Gasteiger partial charge in [-0.1, -0.05) is 18.2 Å². The Hall–Kier alpha value is -1.59. The average Bonchev–Trinajstić information content (AvgIpc) is 2.53. The van der Waals surface area contributed by atoms with Gasteiger partial charge in [-0.15, -0.1) is 0 Å². The van der Waals surface area contributed by atoms with Crippen molar-refractivity contribution in [3.05, 3.63) is 30.3 Å². The topological polar surface area (TPSA) is 53.6 Å². The first kappa shape index (κ1) is 15.8. The Morgan fingerprint density at radius 3 is 2.95 bits per heavy atom. The number of amides is 1. The minimum atomic E-state index is 0.0192. The highest BCUT2D eigenvalue weighted by atomic mass is 16.5. The predicted molar refractivity (Wildman–Crippen MR) is 84.6 cm³/mol. The maximum atomic E-state index is 11.8. The largest absolute Gasteiger partial charge is 0.375 e. The average molecular weight is 291 g/mol. The molecule has 2 rings (SSSR count). The molecule has 5 heteroatoms. The molecule has 21 heavy (non-hydrogen) atoms. The summed E-state index contributed by atoms with van der Waals surface area (Å²) in [5, 5.41) is 6.19. The van der Waals surface area contributed by atoms with Crippen LogP contribution in [0.5, 0.6) is 0 Å². The Bertz CT molecular complexity index is 419. The number of hydrogen-bond donors (Lipinski definition) is 2. The molecular formula is C16H25N3O2. The second-order valence-electron chi connectivity index (χ2n) is 5.36. The van der Waals surface area contributed by atoms with Gasteiger partial charge in [0.1, 0.15) is 0 Å². The lowest BCUT2D eigenvalue weighted by Crippen LogP contribution is -2.41. The first-order chi connectivity index (χ1) is 10.3. The molecule has 116 valence electrons. The molecule has 1 atom stereocenters. The number of ether oxygens (including phenoxy) is 1.